The molecule has 9 heteroatoms. The van der Waals surface area contributed by atoms with Crippen molar-refractivity contribution in [1.29, 1.82) is 0 Å². The van der Waals surface area contributed by atoms with E-state index in [0.29, 0.717) is 19.6 Å². The van der Waals surface area contributed by atoms with E-state index in [-0.39, 0.29) is 21.4 Å². The molecule has 0 aromatic carbocycles. The lowest BCUT2D eigenvalue weighted by molar-refractivity contribution is 0.0235. The summed E-state index contributed by atoms with van der Waals surface area (Å²) in [6, 6.07) is 1.03. The number of sulfonamides is 1. The van der Waals surface area contributed by atoms with Gasteiger partial charge in [-0.05, 0) is 15.9 Å². The summed E-state index contributed by atoms with van der Waals surface area (Å²) in [4.78, 5) is 11.4. The Morgan fingerprint density at radius 3 is 2.78 bits per heavy atom. The van der Waals surface area contributed by atoms with Crippen LogP contribution in [0.4, 0.5) is 0 Å². The van der Waals surface area contributed by atoms with Gasteiger partial charge >= 0.3 is 5.97 Å². The zero-order valence-corrected chi connectivity index (χ0v) is 11.5. The van der Waals surface area contributed by atoms with Crippen LogP contribution in [0.1, 0.15) is 17.0 Å². The largest absolute Gasteiger partial charge is 0.454 e. The fourth-order valence-corrected chi connectivity index (χ4v) is 2.96. The molecule has 1 aliphatic heterocycles. The Morgan fingerprint density at radius 1 is 1.56 bits per heavy atom. The average Bonchev–Trinajstić information content (AvgIpc) is 2.85. The molecule has 2 rings (SSSR count). The molecule has 18 heavy (non-hydrogen) atoms. The average molecular weight is 340 g/mol. The lowest BCUT2D eigenvalue weighted by Crippen LogP contribution is -2.17. The molecule has 0 radical (unpaired) electrons. The van der Waals surface area contributed by atoms with Crippen molar-refractivity contribution >= 4 is 31.9 Å². The van der Waals surface area contributed by atoms with Gasteiger partial charge in [-0.2, -0.15) is 0 Å². The second-order valence-corrected chi connectivity index (χ2v) is 5.93. The summed E-state index contributed by atoms with van der Waals surface area (Å²) < 4.78 is 37.2. The van der Waals surface area contributed by atoms with E-state index in [2.05, 4.69) is 15.9 Å². The van der Waals surface area contributed by atoms with Crippen molar-refractivity contribution in [2.75, 3.05) is 13.2 Å². The Kier molecular flexibility index (Phi) is 3.76. The van der Waals surface area contributed by atoms with Crippen LogP contribution in [0.25, 0.3) is 0 Å². The Hall–Kier alpha value is -0.900. The quantitative estimate of drug-likeness (QED) is 0.809. The molecule has 1 atom stereocenters. The van der Waals surface area contributed by atoms with Crippen LogP contribution in [0.5, 0.6) is 0 Å². The minimum Gasteiger partial charge on any atom is -0.454 e. The first kappa shape index (κ1) is 13.5. The van der Waals surface area contributed by atoms with Gasteiger partial charge in [0.15, 0.2) is 4.67 Å². The van der Waals surface area contributed by atoms with Crippen LogP contribution in [0, 0.1) is 0 Å². The standard InChI is InChI=1S/C9H10BrNO6S/c10-8-7(18(11,13)14)3-6(17-8)9(12)16-5-1-2-15-4-5/h3,5H,1-2,4H2,(H2,11,13,14). The molecule has 1 aromatic heterocycles. The molecule has 0 aliphatic carbocycles. The molecule has 0 amide bonds. The molecule has 0 saturated carbocycles. The Morgan fingerprint density at radius 2 is 2.28 bits per heavy atom. The highest BCUT2D eigenvalue weighted by Crippen LogP contribution is 2.26. The van der Waals surface area contributed by atoms with Crippen molar-refractivity contribution in [3.05, 3.63) is 16.5 Å². The maximum absolute atomic E-state index is 11.7. The summed E-state index contributed by atoms with van der Waals surface area (Å²) in [5, 5.41) is 4.94. The van der Waals surface area contributed by atoms with Crippen LogP contribution >= 0.6 is 15.9 Å². The van der Waals surface area contributed by atoms with E-state index in [9.17, 15) is 13.2 Å². The van der Waals surface area contributed by atoms with Crippen molar-refractivity contribution in [2.24, 2.45) is 5.14 Å². The molecule has 100 valence electrons. The Bertz CT molecular complexity index is 560. The summed E-state index contributed by atoms with van der Waals surface area (Å²) in [6.07, 6.45) is 0.273. The fourth-order valence-electron chi connectivity index (χ4n) is 1.46. The van der Waals surface area contributed by atoms with Crippen molar-refractivity contribution in [3.63, 3.8) is 0 Å². The van der Waals surface area contributed by atoms with E-state index in [4.69, 9.17) is 19.0 Å². The number of hydrogen-bond acceptors (Lipinski definition) is 6. The first-order chi connectivity index (χ1) is 8.38. The molecule has 1 saturated heterocycles. The minimum atomic E-state index is -3.95. The number of esters is 1. The van der Waals surface area contributed by atoms with E-state index >= 15 is 0 Å². The van der Waals surface area contributed by atoms with Crippen LogP contribution in [0.15, 0.2) is 20.0 Å². The van der Waals surface area contributed by atoms with Crippen LogP contribution in [0.3, 0.4) is 0 Å². The van der Waals surface area contributed by atoms with Crippen LogP contribution in [-0.4, -0.2) is 33.7 Å². The summed E-state index contributed by atoms with van der Waals surface area (Å²) >= 11 is 2.88. The molecule has 0 spiro atoms. The summed E-state index contributed by atoms with van der Waals surface area (Å²) in [5.41, 5.74) is 0. The second kappa shape index (κ2) is 5.00. The van der Waals surface area contributed by atoms with Gasteiger partial charge < -0.3 is 13.9 Å². The normalized spacial score (nSPS) is 20.0. The number of carbonyl (C=O) groups excluding carboxylic acids is 1. The number of furan rings is 1. The predicted octanol–water partition coefficient (Wildman–Crippen LogP) is 0.635. The first-order valence-corrected chi connectivity index (χ1v) is 7.32. The molecule has 1 aromatic rings. The van der Waals surface area contributed by atoms with Gasteiger partial charge in [0, 0.05) is 12.5 Å². The van der Waals surface area contributed by atoms with Crippen LogP contribution < -0.4 is 5.14 Å². The maximum atomic E-state index is 11.7. The Labute approximate surface area is 111 Å². The number of carbonyl (C=O) groups is 1. The monoisotopic (exact) mass is 339 g/mol. The fraction of sp³-hybridized carbons (Fsp3) is 0.444. The van der Waals surface area contributed by atoms with Crippen LogP contribution in [-0.2, 0) is 19.5 Å². The zero-order valence-electron chi connectivity index (χ0n) is 9.09. The van der Waals surface area contributed by atoms with E-state index in [1.54, 1.807) is 0 Å². The van der Waals surface area contributed by atoms with Gasteiger partial charge in [-0.1, -0.05) is 0 Å². The van der Waals surface area contributed by atoms with Crippen molar-refractivity contribution in [3.8, 4) is 0 Å². The highest BCUT2D eigenvalue weighted by atomic mass is 79.9. The lowest BCUT2D eigenvalue weighted by atomic mass is 10.3. The third kappa shape index (κ3) is 2.91. The number of primary sulfonamides is 1. The second-order valence-electron chi connectivity index (χ2n) is 3.68. The zero-order chi connectivity index (χ0) is 13.3. The third-order valence-corrected chi connectivity index (χ3v) is 4.09. The third-order valence-electron chi connectivity index (χ3n) is 2.32. The smallest absolute Gasteiger partial charge is 0.374 e. The van der Waals surface area contributed by atoms with Gasteiger partial charge in [0.05, 0.1) is 13.2 Å². The van der Waals surface area contributed by atoms with Crippen LogP contribution in [0.2, 0.25) is 0 Å². The highest BCUT2D eigenvalue weighted by Gasteiger charge is 2.26. The van der Waals surface area contributed by atoms with E-state index < -0.39 is 16.0 Å². The lowest BCUT2D eigenvalue weighted by Gasteiger charge is -2.07. The molecule has 1 fully saturated rings. The van der Waals surface area contributed by atoms with E-state index in [0.717, 1.165) is 6.07 Å². The van der Waals surface area contributed by atoms with Gasteiger partial charge in [-0.15, -0.1) is 0 Å². The van der Waals surface area contributed by atoms with Crippen molar-refractivity contribution in [2.45, 2.75) is 17.4 Å². The molecule has 1 aliphatic rings. The van der Waals surface area contributed by atoms with Gasteiger partial charge in [0.2, 0.25) is 15.8 Å². The first-order valence-electron chi connectivity index (χ1n) is 4.99. The number of halogens is 1. The number of ether oxygens (including phenoxy) is 2. The summed E-state index contributed by atoms with van der Waals surface area (Å²) in [5.74, 6) is -0.973. The topological polar surface area (TPSA) is 109 Å². The van der Waals surface area contributed by atoms with E-state index in [1.807, 2.05) is 0 Å². The molecule has 2 heterocycles. The molecule has 1 unspecified atom stereocenters. The van der Waals surface area contributed by atoms with Gasteiger partial charge in [0.1, 0.15) is 11.0 Å². The molecule has 0 bridgehead atoms. The predicted molar refractivity (Wildman–Crippen MR) is 62.4 cm³/mol. The van der Waals surface area contributed by atoms with Crippen molar-refractivity contribution in [1.82, 2.24) is 0 Å². The molecular formula is C9H10BrNO6S. The van der Waals surface area contributed by atoms with Gasteiger partial charge in [-0.3, -0.25) is 0 Å². The molecular weight excluding hydrogens is 330 g/mol. The summed E-state index contributed by atoms with van der Waals surface area (Å²) in [6.45, 7) is 0.859. The highest BCUT2D eigenvalue weighted by molar-refractivity contribution is 9.10. The Balaban J connectivity index is 2.16. The van der Waals surface area contributed by atoms with Gasteiger partial charge in [0.25, 0.3) is 0 Å². The number of nitrogens with two attached hydrogens (primary N) is 1. The molecule has 7 nitrogen and oxygen atoms in total. The minimum absolute atomic E-state index is 0.125. The SMILES string of the molecule is NS(=O)(=O)c1cc(C(=O)OC2CCOC2)oc1Br. The van der Waals surface area contributed by atoms with E-state index in [1.165, 1.54) is 0 Å². The van der Waals surface area contributed by atoms with Gasteiger partial charge in [-0.25, -0.2) is 18.4 Å². The van der Waals surface area contributed by atoms with Crippen molar-refractivity contribution < 1.29 is 27.1 Å². The molecule has 2 N–H and O–H groups in total. The summed E-state index contributed by atoms with van der Waals surface area (Å²) in [7, 11) is -3.95. The maximum Gasteiger partial charge on any atom is 0.374 e. The number of hydrogen-bond donors (Lipinski definition) is 1. The number of rotatable bonds is 3.